The summed E-state index contributed by atoms with van der Waals surface area (Å²) in [5.41, 5.74) is -1.68. The number of carbonyl (C=O) groups excluding carboxylic acids is 1. The maximum atomic E-state index is 12.3. The van der Waals surface area contributed by atoms with Crippen molar-refractivity contribution in [1.29, 1.82) is 5.26 Å². The van der Waals surface area contributed by atoms with Gasteiger partial charge in [-0.2, -0.15) is 5.26 Å². The van der Waals surface area contributed by atoms with Crippen molar-refractivity contribution in [3.63, 3.8) is 0 Å². The largest absolute Gasteiger partial charge is 0.388 e. The van der Waals surface area contributed by atoms with Crippen LogP contribution < -0.4 is 0 Å². The number of ether oxygens (including phenoxy) is 1. The molecule has 1 amide bonds. The van der Waals surface area contributed by atoms with E-state index in [1.165, 1.54) is 4.90 Å². The van der Waals surface area contributed by atoms with Crippen LogP contribution in [0.4, 0.5) is 0 Å². The number of amides is 1. The van der Waals surface area contributed by atoms with Crippen molar-refractivity contribution in [3.05, 3.63) is 0 Å². The van der Waals surface area contributed by atoms with E-state index < -0.39 is 11.0 Å². The molecule has 100 valence electrons. The summed E-state index contributed by atoms with van der Waals surface area (Å²) in [4.78, 5) is 13.8. The second-order valence-electron chi connectivity index (χ2n) is 5.55. The van der Waals surface area contributed by atoms with E-state index in [-0.39, 0.29) is 5.91 Å². The Kier molecular flexibility index (Phi) is 3.60. The molecule has 0 aromatic heterocycles. The summed E-state index contributed by atoms with van der Waals surface area (Å²) >= 11 is 0. The number of carbonyl (C=O) groups is 1. The Balaban J connectivity index is 1.97. The predicted octanol–water partition coefficient (Wildman–Crippen LogP) is 0.680. The number of hydrogen-bond donors (Lipinski definition) is 1. The molecule has 1 heterocycles. The fourth-order valence-corrected chi connectivity index (χ4v) is 2.69. The van der Waals surface area contributed by atoms with E-state index in [1.54, 1.807) is 7.05 Å². The zero-order chi connectivity index (χ0) is 13.2. The average molecular weight is 252 g/mol. The Morgan fingerprint density at radius 1 is 1.39 bits per heavy atom. The highest BCUT2D eigenvalue weighted by molar-refractivity contribution is 5.86. The minimum Gasteiger partial charge on any atom is -0.388 e. The van der Waals surface area contributed by atoms with Gasteiger partial charge in [0.15, 0.2) is 0 Å². The lowest BCUT2D eigenvalue weighted by Crippen LogP contribution is -2.52. The molecular weight excluding hydrogens is 232 g/mol. The van der Waals surface area contributed by atoms with Crippen molar-refractivity contribution in [1.82, 2.24) is 4.90 Å². The highest BCUT2D eigenvalue weighted by atomic mass is 16.5. The zero-order valence-electron chi connectivity index (χ0n) is 10.8. The van der Waals surface area contributed by atoms with Crippen molar-refractivity contribution in [2.24, 2.45) is 5.41 Å². The molecular formula is C13H20N2O3. The Labute approximate surface area is 107 Å². The fraction of sp³-hybridized carbons (Fsp3) is 0.846. The molecule has 1 saturated heterocycles. The zero-order valence-corrected chi connectivity index (χ0v) is 10.8. The lowest BCUT2D eigenvalue weighted by molar-refractivity contribution is -0.147. The van der Waals surface area contributed by atoms with Gasteiger partial charge in [-0.3, -0.25) is 4.79 Å². The monoisotopic (exact) mass is 252 g/mol. The molecule has 5 nitrogen and oxygen atoms in total. The van der Waals surface area contributed by atoms with E-state index in [4.69, 9.17) is 10.00 Å². The summed E-state index contributed by atoms with van der Waals surface area (Å²) in [7, 11) is 1.67. The molecule has 0 unspecified atom stereocenters. The van der Waals surface area contributed by atoms with Crippen LogP contribution in [0.15, 0.2) is 0 Å². The molecule has 2 aliphatic rings. The van der Waals surface area contributed by atoms with Gasteiger partial charge in [0.25, 0.3) is 0 Å². The van der Waals surface area contributed by atoms with Gasteiger partial charge >= 0.3 is 0 Å². The van der Waals surface area contributed by atoms with E-state index in [9.17, 15) is 9.90 Å². The highest BCUT2D eigenvalue weighted by Gasteiger charge is 2.47. The quantitative estimate of drug-likeness (QED) is 0.801. The molecule has 0 aromatic carbocycles. The number of nitrogens with zero attached hydrogens (tertiary/aromatic N) is 2. The smallest absolute Gasteiger partial charge is 0.242 e. The topological polar surface area (TPSA) is 73.6 Å². The van der Waals surface area contributed by atoms with Gasteiger partial charge in [0.05, 0.1) is 11.7 Å². The molecule has 5 heteroatoms. The third-order valence-electron chi connectivity index (χ3n) is 4.13. The van der Waals surface area contributed by atoms with Gasteiger partial charge in [0.2, 0.25) is 5.91 Å². The molecule has 18 heavy (non-hydrogen) atoms. The van der Waals surface area contributed by atoms with Crippen LogP contribution in [-0.4, -0.2) is 48.3 Å². The van der Waals surface area contributed by atoms with Crippen LogP contribution in [0.3, 0.4) is 0 Å². The summed E-state index contributed by atoms with van der Waals surface area (Å²) in [6.45, 7) is 1.35. The van der Waals surface area contributed by atoms with Crippen LogP contribution in [0.2, 0.25) is 0 Å². The second kappa shape index (κ2) is 4.87. The van der Waals surface area contributed by atoms with E-state index in [0.29, 0.717) is 45.4 Å². The molecule has 0 spiro atoms. The summed E-state index contributed by atoms with van der Waals surface area (Å²) in [5, 5.41) is 19.5. The molecule has 0 radical (unpaired) electrons. The van der Waals surface area contributed by atoms with Gasteiger partial charge in [-0.1, -0.05) is 0 Å². The second-order valence-corrected chi connectivity index (χ2v) is 5.55. The molecule has 0 atom stereocenters. The number of hydrogen-bond acceptors (Lipinski definition) is 4. The number of likely N-dealkylation sites (N-methyl/N-ethyl adjacent to an activating group) is 1. The summed E-state index contributed by atoms with van der Waals surface area (Å²) in [6, 6.07) is 2.15. The summed E-state index contributed by atoms with van der Waals surface area (Å²) in [6.07, 6.45) is 3.32. The van der Waals surface area contributed by atoms with Crippen molar-refractivity contribution < 1.29 is 14.6 Å². The van der Waals surface area contributed by atoms with E-state index >= 15 is 0 Å². The molecule has 2 rings (SSSR count). The van der Waals surface area contributed by atoms with Crippen LogP contribution in [-0.2, 0) is 9.53 Å². The average Bonchev–Trinajstić information content (AvgIpc) is 2.28. The molecule has 1 aliphatic carbocycles. The Morgan fingerprint density at radius 2 is 2.00 bits per heavy atom. The minimum atomic E-state index is -0.858. The summed E-state index contributed by atoms with van der Waals surface area (Å²) < 4.78 is 5.21. The lowest BCUT2D eigenvalue weighted by atomic mass is 9.69. The summed E-state index contributed by atoms with van der Waals surface area (Å²) in [5.74, 6) is -0.142. The molecule has 0 aromatic rings. The third kappa shape index (κ3) is 2.36. The standard InChI is InChI=1S/C13H20N2O3/c1-15(10-13(17)5-7-18-8-6-13)11(16)12(9-14)3-2-4-12/h17H,2-8,10H2,1H3. The Bertz CT molecular complexity index is 365. The number of nitriles is 1. The fourth-order valence-electron chi connectivity index (χ4n) is 2.69. The van der Waals surface area contributed by atoms with Gasteiger partial charge in [-0.25, -0.2) is 0 Å². The van der Waals surface area contributed by atoms with Crippen LogP contribution >= 0.6 is 0 Å². The van der Waals surface area contributed by atoms with E-state index in [1.807, 2.05) is 0 Å². The van der Waals surface area contributed by atoms with Gasteiger partial charge < -0.3 is 14.7 Å². The SMILES string of the molecule is CN(CC1(O)CCOCC1)C(=O)C1(C#N)CCC1. The van der Waals surface area contributed by atoms with Crippen molar-refractivity contribution in [2.45, 2.75) is 37.7 Å². The Morgan fingerprint density at radius 3 is 2.44 bits per heavy atom. The minimum absolute atomic E-state index is 0.142. The van der Waals surface area contributed by atoms with Crippen LogP contribution in [0.25, 0.3) is 0 Å². The number of rotatable bonds is 3. The van der Waals surface area contributed by atoms with Crippen LogP contribution in [0, 0.1) is 16.7 Å². The van der Waals surface area contributed by atoms with E-state index in [0.717, 1.165) is 6.42 Å². The first kappa shape index (κ1) is 13.3. The van der Waals surface area contributed by atoms with Gasteiger partial charge in [-0.05, 0) is 19.3 Å². The third-order valence-corrected chi connectivity index (χ3v) is 4.13. The normalized spacial score (nSPS) is 24.7. The molecule has 2 fully saturated rings. The van der Waals surface area contributed by atoms with Gasteiger partial charge in [0.1, 0.15) is 5.41 Å². The predicted molar refractivity (Wildman–Crippen MR) is 64.5 cm³/mol. The molecule has 1 aliphatic heterocycles. The molecule has 0 bridgehead atoms. The van der Waals surface area contributed by atoms with Gasteiger partial charge in [0, 0.05) is 39.6 Å². The maximum Gasteiger partial charge on any atom is 0.242 e. The van der Waals surface area contributed by atoms with Crippen LogP contribution in [0.1, 0.15) is 32.1 Å². The first-order valence-electron chi connectivity index (χ1n) is 6.48. The first-order valence-corrected chi connectivity index (χ1v) is 6.48. The lowest BCUT2D eigenvalue weighted by Gasteiger charge is -2.40. The Hall–Kier alpha value is -1.12. The van der Waals surface area contributed by atoms with E-state index in [2.05, 4.69) is 6.07 Å². The van der Waals surface area contributed by atoms with Crippen molar-refractivity contribution in [2.75, 3.05) is 26.8 Å². The highest BCUT2D eigenvalue weighted by Crippen LogP contribution is 2.42. The first-order chi connectivity index (χ1) is 8.51. The van der Waals surface area contributed by atoms with Crippen LogP contribution in [0.5, 0.6) is 0 Å². The molecule has 1 N–H and O–H groups in total. The van der Waals surface area contributed by atoms with Gasteiger partial charge in [-0.15, -0.1) is 0 Å². The van der Waals surface area contributed by atoms with Crippen molar-refractivity contribution in [3.8, 4) is 6.07 Å². The van der Waals surface area contributed by atoms with Crippen molar-refractivity contribution >= 4 is 5.91 Å². The molecule has 1 saturated carbocycles. The number of aliphatic hydroxyl groups is 1. The maximum absolute atomic E-state index is 12.3.